The zero-order valence-electron chi connectivity index (χ0n) is 50.9. The van der Waals surface area contributed by atoms with Gasteiger partial charge in [0.1, 0.15) is 35.3 Å². The van der Waals surface area contributed by atoms with E-state index in [9.17, 15) is 35.4 Å². The summed E-state index contributed by atoms with van der Waals surface area (Å²) >= 11 is 0. The van der Waals surface area contributed by atoms with E-state index in [1.54, 1.807) is 37.4 Å². The Morgan fingerprint density at radius 1 is 0.778 bits per heavy atom. The first-order chi connectivity index (χ1) is 43.5. The fourth-order valence-corrected chi connectivity index (χ4v) is 25.4. The summed E-state index contributed by atoms with van der Waals surface area (Å²) in [6, 6.07) is 8.76. The SMILES string of the molecule is Cc1cc(O)c2c(c1)C(=O)c1c(c3cc4c(nccc14)NC[C@@H](O)[C@@]14C5=C6C7=C[C@@]8(O3)O[C@@]6([C@@H](O)[C@H](O)[C@H]8O)[C@@H](O)[C@]3(CCC6(CCCC6)C3)[C@H]5CC[C@@H]1C1(CCCC1)[C@@H]1C#CC[C@H]3CCC[C@@H]5CC6(CCC(=O)CC6)c6nc[nH]c6[C@@]53c3cc(c7[nH]3)[C@@H]14)C2=O. The number of hydrogen-bond donors (Lipinski definition) is 9. The molecule has 10 bridgehead atoms. The number of nitrogens with zero attached hydrogens (tertiary/aromatic N) is 2. The number of rotatable bonds is 0. The minimum atomic E-state index is -2.51. The van der Waals surface area contributed by atoms with Crippen molar-refractivity contribution >= 4 is 39.5 Å². The molecule has 4 aliphatic heterocycles. The number of carbonyl (C=O) groups excluding carboxylic acids is 3. The quantitative estimate of drug-likeness (QED) is 0.0642. The molecule has 8 spiro atoms. The van der Waals surface area contributed by atoms with Gasteiger partial charge in [-0.3, -0.25) is 14.4 Å². The number of imidazole rings is 1. The number of aliphatic hydroxyl groups excluding tert-OH is 5. The smallest absolute Gasteiger partial charge is 0.261 e. The molecular weight excluding hydrogens is 1130 g/mol. The summed E-state index contributed by atoms with van der Waals surface area (Å²) in [6.07, 6.45) is 15.0. The number of pyridine rings is 1. The summed E-state index contributed by atoms with van der Waals surface area (Å²) in [5, 5.41) is 86.4. The maximum atomic E-state index is 15.7. The number of hydrogen-bond acceptors (Lipinski definition) is 14. The molecule has 7 saturated carbocycles. The molecule has 464 valence electrons. The van der Waals surface area contributed by atoms with Gasteiger partial charge in [-0.05, 0) is 195 Å². The van der Waals surface area contributed by atoms with Crippen LogP contribution in [0.5, 0.6) is 11.5 Å². The van der Waals surface area contributed by atoms with Crippen molar-refractivity contribution in [3.8, 4) is 23.3 Å². The van der Waals surface area contributed by atoms with Crippen LogP contribution in [0.15, 0.2) is 60.1 Å². The lowest BCUT2D eigenvalue weighted by Gasteiger charge is -2.68. The number of ketones is 3. The maximum absolute atomic E-state index is 15.7. The average Bonchev–Trinajstić information content (AvgIpc) is 1.44. The number of aryl methyl sites for hydroxylation is 1. The third-order valence-corrected chi connectivity index (χ3v) is 28.4. The van der Waals surface area contributed by atoms with Crippen molar-refractivity contribution in [2.45, 2.75) is 207 Å². The highest BCUT2D eigenvalue weighted by atomic mass is 16.7. The van der Waals surface area contributed by atoms with Gasteiger partial charge in [-0.1, -0.05) is 38.0 Å². The minimum Gasteiger partial charge on any atom is -0.507 e. The highest BCUT2D eigenvalue weighted by Crippen LogP contribution is 2.83. The van der Waals surface area contributed by atoms with Gasteiger partial charge < -0.3 is 55.4 Å². The Labute approximate surface area is 521 Å². The van der Waals surface area contributed by atoms with E-state index in [4.69, 9.17) is 19.4 Å². The van der Waals surface area contributed by atoms with Crippen molar-refractivity contribution in [1.82, 2.24) is 19.9 Å². The molecule has 16 atom stereocenters. The first-order valence-electron chi connectivity index (χ1n) is 34.2. The van der Waals surface area contributed by atoms with Gasteiger partial charge in [0, 0.05) is 93.6 Å². The number of phenols is 1. The Balaban J connectivity index is 0.938. The Hall–Kier alpha value is -6.45. The molecule has 21 rings (SSSR count). The predicted molar refractivity (Wildman–Crippen MR) is 328 cm³/mol. The van der Waals surface area contributed by atoms with Gasteiger partial charge >= 0.3 is 0 Å². The van der Waals surface area contributed by atoms with E-state index in [1.165, 1.54) is 6.07 Å². The number of benzene rings is 2. The summed E-state index contributed by atoms with van der Waals surface area (Å²) < 4.78 is 15.4. The number of aromatic hydroxyl groups is 1. The van der Waals surface area contributed by atoms with Crippen molar-refractivity contribution < 1.29 is 54.5 Å². The van der Waals surface area contributed by atoms with Gasteiger partial charge in [-0.25, -0.2) is 9.97 Å². The number of ether oxygens (including phenoxy) is 2. The number of aromatic nitrogens is 4. The van der Waals surface area contributed by atoms with E-state index in [0.29, 0.717) is 76.9 Å². The molecule has 7 heterocycles. The molecule has 2 aromatic carbocycles. The number of nitrogens with one attached hydrogen (secondary N) is 3. The molecule has 0 radical (unpaired) electrons. The zero-order valence-corrected chi connectivity index (χ0v) is 50.9. The monoisotopic (exact) mass is 1210 g/mol. The van der Waals surface area contributed by atoms with Gasteiger partial charge in [-0.15, -0.1) is 5.92 Å². The van der Waals surface area contributed by atoms with E-state index >= 15 is 9.59 Å². The summed E-state index contributed by atoms with van der Waals surface area (Å²) in [5.74, 6) is 3.52. The van der Waals surface area contributed by atoms with Gasteiger partial charge in [0.2, 0.25) is 5.78 Å². The van der Waals surface area contributed by atoms with Crippen LogP contribution >= 0.6 is 0 Å². The number of carbonyl (C=O) groups is 3. The Morgan fingerprint density at radius 3 is 2.40 bits per heavy atom. The Morgan fingerprint density at radius 2 is 1.58 bits per heavy atom. The van der Waals surface area contributed by atoms with E-state index in [-0.39, 0.29) is 86.1 Å². The fraction of sp³-hybridized carbons (Fsp3) is 0.581. The first kappa shape index (κ1) is 54.1. The second kappa shape index (κ2) is 17.4. The average molecular weight is 1210 g/mol. The largest absolute Gasteiger partial charge is 0.507 e. The Bertz CT molecular complexity index is 4270. The van der Waals surface area contributed by atoms with Crippen LogP contribution in [0.25, 0.3) is 16.3 Å². The number of fused-ring (bicyclic) bond motifs is 11. The van der Waals surface area contributed by atoms with E-state index in [0.717, 1.165) is 137 Å². The van der Waals surface area contributed by atoms with Crippen LogP contribution in [-0.4, -0.2) is 116 Å². The lowest BCUT2D eigenvalue weighted by atomic mass is 9.42. The number of H-pyrrole nitrogens is 2. The molecule has 9 N–H and O–H groups in total. The molecule has 5 aromatic rings. The van der Waals surface area contributed by atoms with Gasteiger partial charge in [0.15, 0.2) is 17.5 Å². The lowest BCUT2D eigenvalue weighted by molar-refractivity contribution is -0.369. The molecule has 3 aromatic heterocycles. The van der Waals surface area contributed by atoms with Gasteiger partial charge in [0.05, 0.1) is 46.5 Å². The normalized spacial score (nSPS) is 40.8. The van der Waals surface area contributed by atoms with Crippen molar-refractivity contribution in [3.63, 3.8) is 0 Å². The van der Waals surface area contributed by atoms with Gasteiger partial charge in [0.25, 0.3) is 5.79 Å². The standard InChI is InChI=1S/C74H77N5O11/c1-35-26-41-51(46(81)27-35)59(84)53-47-28-40-39(52(53)58(41)83)16-25-75-65(40)76-32-50(82)73-48-13-12-45-56(73)55-43(31-71(89-47)63(86)60(85)64(87)74(55,90-71)66(88)70(45)24-23-67(33-70)17-2-3-18-67)57-42-29-49(79-57)72-36(9-7-11-44(54(42)73)69(48)19-4-5-20-69)8-6-10-37(72)30-68(21-14-38(80)15-22-68)61-62(72)78-34-77-61/h16,25-29,31,34,36-37,44-45,48,50,54,60,63-64,66,79,81-82,85-88H,2-6,8-10,12-15,17-24,30,32-33H2,1H3,(H,75,76)(H,77,78)/t36-,37-,44-,45+,48-,50-,54+,60-,63-,64+,66+,70+,71-,72-,73+,74+/m1/s1. The van der Waals surface area contributed by atoms with Crippen molar-refractivity contribution in [2.75, 3.05) is 11.9 Å². The predicted octanol–water partition coefficient (Wildman–Crippen LogP) is 9.48. The molecular formula is C74H77N5O11. The molecule has 16 aliphatic rings. The second-order valence-corrected chi connectivity index (χ2v) is 31.5. The highest BCUT2D eigenvalue weighted by Gasteiger charge is 2.82. The van der Waals surface area contributed by atoms with Crippen LogP contribution in [0.2, 0.25) is 0 Å². The van der Waals surface area contributed by atoms with Crippen LogP contribution < -0.4 is 10.1 Å². The molecule has 0 amide bonds. The number of Topliss-reactive ketones (excluding diaryl/α,β-unsaturated/α-hetero) is 1. The summed E-state index contributed by atoms with van der Waals surface area (Å²) in [6.45, 7) is 1.73. The molecule has 1 saturated heterocycles. The summed E-state index contributed by atoms with van der Waals surface area (Å²) in [7, 11) is 0. The third kappa shape index (κ3) is 5.98. The first-order valence-corrected chi connectivity index (χ1v) is 34.2. The van der Waals surface area contributed by atoms with Crippen LogP contribution in [0.4, 0.5) is 5.82 Å². The number of aliphatic hydroxyl groups is 5. The van der Waals surface area contributed by atoms with Crippen molar-refractivity contribution in [1.29, 1.82) is 0 Å². The summed E-state index contributed by atoms with van der Waals surface area (Å²) in [5.41, 5.74) is 1.18. The van der Waals surface area contributed by atoms with Crippen LogP contribution in [-0.2, 0) is 20.4 Å². The maximum Gasteiger partial charge on any atom is 0.261 e. The molecule has 90 heavy (non-hydrogen) atoms. The van der Waals surface area contributed by atoms with Crippen molar-refractivity contribution in [2.24, 2.45) is 51.2 Å². The van der Waals surface area contributed by atoms with E-state index in [1.807, 2.05) is 6.33 Å². The van der Waals surface area contributed by atoms with Crippen molar-refractivity contribution in [3.05, 3.63) is 116 Å². The number of anilines is 1. The van der Waals surface area contributed by atoms with Crippen LogP contribution in [0, 0.1) is 70.0 Å². The molecule has 16 nitrogen and oxygen atoms in total. The highest BCUT2D eigenvalue weighted by molar-refractivity contribution is 6.34. The minimum absolute atomic E-state index is 0.0140. The molecule has 16 heteroatoms. The van der Waals surface area contributed by atoms with Crippen LogP contribution in [0.3, 0.4) is 0 Å². The fourth-order valence-electron chi connectivity index (χ4n) is 25.4. The number of phenolic OH excluding ortho intramolecular Hbond substituents is 1. The van der Waals surface area contributed by atoms with E-state index in [2.05, 4.69) is 33.2 Å². The zero-order chi connectivity index (χ0) is 60.8. The van der Waals surface area contributed by atoms with E-state index < -0.39 is 75.6 Å². The molecule has 0 unspecified atom stereocenters. The third-order valence-electron chi connectivity index (χ3n) is 28.4. The topological polar surface area (TPSA) is 260 Å². The molecule has 12 aliphatic carbocycles. The summed E-state index contributed by atoms with van der Waals surface area (Å²) in [4.78, 5) is 62.7. The molecule has 8 fully saturated rings. The number of aromatic amines is 2. The van der Waals surface area contributed by atoms with Gasteiger partial charge in [-0.2, -0.15) is 0 Å². The second-order valence-electron chi connectivity index (χ2n) is 31.5. The van der Waals surface area contributed by atoms with Crippen LogP contribution in [0.1, 0.15) is 213 Å². The lowest BCUT2D eigenvalue weighted by Crippen LogP contribution is -2.80. The Kier molecular flexibility index (Phi) is 10.5.